The fraction of sp³-hybridized carbons (Fsp3) is 0.667. The molecule has 1 aliphatic heterocycles. The molecule has 0 spiro atoms. The molecule has 1 unspecified atom stereocenters. The van der Waals surface area contributed by atoms with E-state index in [0.717, 1.165) is 13.1 Å². The van der Waals surface area contributed by atoms with E-state index in [1.165, 1.54) is 43.5 Å². The highest BCUT2D eigenvalue weighted by Gasteiger charge is 2.16. The number of nitrogens with zero attached hydrogens (tertiary/aromatic N) is 2. The van der Waals surface area contributed by atoms with Gasteiger partial charge < -0.3 is 5.32 Å². The third-order valence-electron chi connectivity index (χ3n) is 3.54. The van der Waals surface area contributed by atoms with Crippen LogP contribution in [-0.4, -0.2) is 35.6 Å². The number of hydrogen-bond donors (Lipinski definition) is 1. The van der Waals surface area contributed by atoms with Gasteiger partial charge in [0.15, 0.2) is 0 Å². The number of nitrogens with one attached hydrogen (secondary N) is 1. The van der Waals surface area contributed by atoms with Gasteiger partial charge in [-0.1, -0.05) is 19.4 Å². The fourth-order valence-electron chi connectivity index (χ4n) is 2.72. The summed E-state index contributed by atoms with van der Waals surface area (Å²) < 4.78 is 0. The summed E-state index contributed by atoms with van der Waals surface area (Å²) in [6, 6.07) is 2.91. The van der Waals surface area contributed by atoms with Gasteiger partial charge in [-0.3, -0.25) is 9.88 Å². The molecule has 0 saturated carbocycles. The molecule has 0 bridgehead atoms. The predicted molar refractivity (Wildman–Crippen MR) is 75.6 cm³/mol. The summed E-state index contributed by atoms with van der Waals surface area (Å²) in [7, 11) is 0. The summed E-state index contributed by atoms with van der Waals surface area (Å²) in [5, 5.41) is 3.65. The molecule has 3 nitrogen and oxygen atoms in total. The highest BCUT2D eigenvalue weighted by atomic mass is 15.2. The normalized spacial score (nSPS) is 21.8. The fourth-order valence-corrected chi connectivity index (χ4v) is 2.72. The predicted octanol–water partition coefficient (Wildman–Crippen LogP) is 2.35. The zero-order valence-electron chi connectivity index (χ0n) is 11.7. The van der Waals surface area contributed by atoms with E-state index in [4.69, 9.17) is 0 Å². The van der Waals surface area contributed by atoms with Crippen LogP contribution in [0.3, 0.4) is 0 Å². The molecule has 3 heteroatoms. The Balaban J connectivity index is 1.94. The van der Waals surface area contributed by atoms with Crippen molar-refractivity contribution in [1.29, 1.82) is 0 Å². The molecule has 1 aromatic heterocycles. The maximum atomic E-state index is 4.29. The van der Waals surface area contributed by atoms with Crippen molar-refractivity contribution in [3.05, 3.63) is 29.6 Å². The van der Waals surface area contributed by atoms with E-state index in [1.807, 2.05) is 12.4 Å². The quantitative estimate of drug-likeness (QED) is 0.885. The maximum absolute atomic E-state index is 4.29. The largest absolute Gasteiger partial charge is 0.313 e. The molecular weight excluding hydrogens is 222 g/mol. The van der Waals surface area contributed by atoms with E-state index in [1.54, 1.807) is 0 Å². The third-order valence-corrected chi connectivity index (χ3v) is 3.54. The zero-order chi connectivity index (χ0) is 12.8. The van der Waals surface area contributed by atoms with Gasteiger partial charge in [0, 0.05) is 31.5 Å². The molecule has 2 rings (SSSR count). The second-order valence-electron chi connectivity index (χ2n) is 5.40. The summed E-state index contributed by atoms with van der Waals surface area (Å²) in [6.07, 6.45) is 7.72. The number of aryl methyl sites for hydroxylation is 1. The lowest BCUT2D eigenvalue weighted by molar-refractivity contribution is 0.254. The molecule has 0 aromatic carbocycles. The standard InChI is InChI=1S/C15H25N3/c1-3-5-15-12-18(7-4-6-17-15)11-14-8-13(2)9-16-10-14/h8-10,15,17H,3-7,11-12H2,1-2H3. The smallest absolute Gasteiger partial charge is 0.0313 e. The van der Waals surface area contributed by atoms with E-state index in [0.29, 0.717) is 6.04 Å². The van der Waals surface area contributed by atoms with Gasteiger partial charge in [-0.25, -0.2) is 0 Å². The first-order valence-electron chi connectivity index (χ1n) is 7.14. The van der Waals surface area contributed by atoms with Gasteiger partial charge in [-0.15, -0.1) is 0 Å². The summed E-state index contributed by atoms with van der Waals surface area (Å²) in [4.78, 5) is 6.85. The Hall–Kier alpha value is -0.930. The topological polar surface area (TPSA) is 28.2 Å². The summed E-state index contributed by atoms with van der Waals surface area (Å²) >= 11 is 0. The van der Waals surface area contributed by atoms with Crippen LogP contribution in [0.25, 0.3) is 0 Å². The number of hydrogen-bond acceptors (Lipinski definition) is 3. The molecule has 1 saturated heterocycles. The van der Waals surface area contributed by atoms with Gasteiger partial charge in [0.2, 0.25) is 0 Å². The molecule has 1 fully saturated rings. The van der Waals surface area contributed by atoms with Crippen LogP contribution in [0.5, 0.6) is 0 Å². The average Bonchev–Trinajstić information content (AvgIpc) is 2.55. The summed E-state index contributed by atoms with van der Waals surface area (Å²) in [6.45, 7) is 8.94. The lowest BCUT2D eigenvalue weighted by Crippen LogP contribution is -2.37. The van der Waals surface area contributed by atoms with Crippen LogP contribution in [0, 0.1) is 6.92 Å². The highest BCUT2D eigenvalue weighted by Crippen LogP contribution is 2.11. The minimum absolute atomic E-state index is 0.662. The second kappa shape index (κ2) is 6.86. The number of aromatic nitrogens is 1. The first-order valence-corrected chi connectivity index (χ1v) is 7.14. The van der Waals surface area contributed by atoms with E-state index >= 15 is 0 Å². The molecule has 18 heavy (non-hydrogen) atoms. The van der Waals surface area contributed by atoms with Gasteiger partial charge in [0.05, 0.1) is 0 Å². The first-order chi connectivity index (χ1) is 8.78. The summed E-state index contributed by atoms with van der Waals surface area (Å²) in [5.74, 6) is 0. The lowest BCUT2D eigenvalue weighted by Gasteiger charge is -2.24. The SMILES string of the molecule is CCCC1CN(Cc2cncc(C)c2)CCCN1. The van der Waals surface area contributed by atoms with Gasteiger partial charge >= 0.3 is 0 Å². The minimum atomic E-state index is 0.662. The first kappa shape index (κ1) is 13.5. The Bertz CT molecular complexity index is 365. The minimum Gasteiger partial charge on any atom is -0.313 e. The van der Waals surface area contributed by atoms with Crippen LogP contribution >= 0.6 is 0 Å². The van der Waals surface area contributed by atoms with Crippen LogP contribution in [0.2, 0.25) is 0 Å². The van der Waals surface area contributed by atoms with Gasteiger partial charge in [-0.05, 0) is 44.0 Å². The van der Waals surface area contributed by atoms with Crippen LogP contribution in [0.1, 0.15) is 37.3 Å². The van der Waals surface area contributed by atoms with Gasteiger partial charge in [0.25, 0.3) is 0 Å². The molecule has 0 radical (unpaired) electrons. The average molecular weight is 247 g/mol. The van der Waals surface area contributed by atoms with E-state index in [2.05, 4.69) is 35.1 Å². The Labute approximate surface area is 111 Å². The van der Waals surface area contributed by atoms with Crippen LogP contribution < -0.4 is 5.32 Å². The molecule has 100 valence electrons. The Morgan fingerprint density at radius 1 is 1.44 bits per heavy atom. The van der Waals surface area contributed by atoms with Crippen LogP contribution in [0.4, 0.5) is 0 Å². The number of rotatable bonds is 4. The Morgan fingerprint density at radius 3 is 3.11 bits per heavy atom. The van der Waals surface area contributed by atoms with Crippen molar-refractivity contribution in [2.45, 2.75) is 45.7 Å². The van der Waals surface area contributed by atoms with Crippen LogP contribution in [-0.2, 0) is 6.54 Å². The molecule has 1 atom stereocenters. The lowest BCUT2D eigenvalue weighted by atomic mass is 10.1. The molecule has 1 N–H and O–H groups in total. The third kappa shape index (κ3) is 4.07. The van der Waals surface area contributed by atoms with Crippen molar-refractivity contribution in [2.75, 3.05) is 19.6 Å². The van der Waals surface area contributed by atoms with Crippen molar-refractivity contribution >= 4 is 0 Å². The maximum Gasteiger partial charge on any atom is 0.0313 e. The monoisotopic (exact) mass is 247 g/mol. The molecule has 2 heterocycles. The van der Waals surface area contributed by atoms with E-state index < -0.39 is 0 Å². The zero-order valence-corrected chi connectivity index (χ0v) is 11.7. The van der Waals surface area contributed by atoms with E-state index in [9.17, 15) is 0 Å². The van der Waals surface area contributed by atoms with E-state index in [-0.39, 0.29) is 0 Å². The Morgan fingerprint density at radius 2 is 2.33 bits per heavy atom. The molecule has 1 aromatic rings. The highest BCUT2D eigenvalue weighted by molar-refractivity contribution is 5.16. The van der Waals surface area contributed by atoms with Gasteiger partial charge in [-0.2, -0.15) is 0 Å². The Kier molecular flexibility index (Phi) is 5.14. The van der Waals surface area contributed by atoms with Crippen LogP contribution in [0.15, 0.2) is 18.5 Å². The second-order valence-corrected chi connectivity index (χ2v) is 5.40. The van der Waals surface area contributed by atoms with Crippen molar-refractivity contribution in [3.63, 3.8) is 0 Å². The van der Waals surface area contributed by atoms with Crippen molar-refractivity contribution in [3.8, 4) is 0 Å². The summed E-state index contributed by atoms with van der Waals surface area (Å²) in [5.41, 5.74) is 2.60. The van der Waals surface area contributed by atoms with Gasteiger partial charge in [0.1, 0.15) is 0 Å². The molecule has 0 aliphatic carbocycles. The van der Waals surface area contributed by atoms with Crippen molar-refractivity contribution < 1.29 is 0 Å². The molecular formula is C15H25N3. The number of pyridine rings is 1. The van der Waals surface area contributed by atoms with Crippen molar-refractivity contribution in [2.24, 2.45) is 0 Å². The molecule has 1 aliphatic rings. The van der Waals surface area contributed by atoms with Crippen molar-refractivity contribution in [1.82, 2.24) is 15.2 Å². The molecule has 0 amide bonds.